The van der Waals surface area contributed by atoms with Crippen LogP contribution in [0.5, 0.6) is 0 Å². The third kappa shape index (κ3) is 4.02. The second kappa shape index (κ2) is 8.86. The van der Waals surface area contributed by atoms with Crippen molar-refractivity contribution in [3.63, 3.8) is 0 Å². The Morgan fingerprint density at radius 3 is 1.62 bits per heavy atom. The summed E-state index contributed by atoms with van der Waals surface area (Å²) in [5, 5.41) is 1.39. The molecule has 0 aliphatic rings. The third-order valence-corrected chi connectivity index (χ3v) is 6.59. The molecule has 0 bridgehead atoms. The molecule has 0 amide bonds. The highest BCUT2D eigenvalue weighted by Gasteiger charge is 2.28. The van der Waals surface area contributed by atoms with Gasteiger partial charge in [-0.15, -0.1) is 0 Å². The SMILES string of the molecule is Cc1cc(-c2ccc(F)cc2)c2c3ccc(F)cc3c(-c3ccc(F)cc3)c(-c3ccc(F)cc3)[n+]2c1. The maximum absolute atomic E-state index is 14.8. The zero-order valence-corrected chi connectivity index (χ0v) is 19.8. The molecule has 5 heteroatoms. The summed E-state index contributed by atoms with van der Waals surface area (Å²) in [4.78, 5) is 0. The predicted molar refractivity (Wildman–Crippen MR) is 138 cm³/mol. The summed E-state index contributed by atoms with van der Waals surface area (Å²) in [6.07, 6.45) is 1.97. The zero-order valence-electron chi connectivity index (χ0n) is 19.8. The number of hydrogen-bond acceptors (Lipinski definition) is 0. The Labute approximate surface area is 210 Å². The van der Waals surface area contributed by atoms with Crippen LogP contribution in [0.4, 0.5) is 17.6 Å². The van der Waals surface area contributed by atoms with Gasteiger partial charge in [0.05, 0.1) is 16.5 Å². The van der Waals surface area contributed by atoms with Crippen LogP contribution in [-0.2, 0) is 0 Å². The van der Waals surface area contributed by atoms with Crippen LogP contribution in [0.1, 0.15) is 5.56 Å². The lowest BCUT2D eigenvalue weighted by Crippen LogP contribution is -2.27. The Bertz CT molecular complexity index is 1790. The third-order valence-electron chi connectivity index (χ3n) is 6.59. The summed E-state index contributed by atoms with van der Waals surface area (Å²) in [5.74, 6) is -1.52. The van der Waals surface area contributed by atoms with Gasteiger partial charge in [-0.2, -0.15) is 4.40 Å². The molecule has 6 aromatic rings. The van der Waals surface area contributed by atoms with E-state index in [-0.39, 0.29) is 17.5 Å². The lowest BCUT2D eigenvalue weighted by molar-refractivity contribution is -0.497. The molecule has 0 saturated carbocycles. The lowest BCUT2D eigenvalue weighted by Gasteiger charge is -2.15. The Morgan fingerprint density at radius 1 is 0.514 bits per heavy atom. The van der Waals surface area contributed by atoms with Crippen molar-refractivity contribution in [3.8, 4) is 33.5 Å². The van der Waals surface area contributed by atoms with Gasteiger partial charge >= 0.3 is 0 Å². The van der Waals surface area contributed by atoms with Crippen LogP contribution in [0.2, 0.25) is 0 Å². The van der Waals surface area contributed by atoms with E-state index in [0.717, 1.165) is 27.6 Å². The number of fused-ring (bicyclic) bond motifs is 3. The van der Waals surface area contributed by atoms with Crippen LogP contribution >= 0.6 is 0 Å². The van der Waals surface area contributed by atoms with Crippen molar-refractivity contribution in [3.05, 3.63) is 132 Å². The Balaban J connectivity index is 1.87. The first-order valence-electron chi connectivity index (χ1n) is 11.8. The summed E-state index contributed by atoms with van der Waals surface area (Å²) in [6, 6.07) is 25.0. The van der Waals surface area contributed by atoms with E-state index in [4.69, 9.17) is 0 Å². The van der Waals surface area contributed by atoms with E-state index in [1.54, 1.807) is 42.5 Å². The molecule has 1 nitrogen and oxygen atoms in total. The van der Waals surface area contributed by atoms with Gasteiger partial charge in [0.1, 0.15) is 23.3 Å². The van der Waals surface area contributed by atoms with Crippen LogP contribution in [0.25, 0.3) is 49.8 Å². The van der Waals surface area contributed by atoms with Crippen LogP contribution in [-0.4, -0.2) is 0 Å². The second-order valence-electron chi connectivity index (χ2n) is 9.08. The molecule has 0 unspecified atom stereocenters. The van der Waals surface area contributed by atoms with Crippen LogP contribution < -0.4 is 4.40 Å². The summed E-state index contributed by atoms with van der Waals surface area (Å²) < 4.78 is 58.4. The van der Waals surface area contributed by atoms with Gasteiger partial charge in [0.15, 0.2) is 6.20 Å². The van der Waals surface area contributed by atoms with E-state index in [1.165, 1.54) is 48.5 Å². The average Bonchev–Trinajstić information content (AvgIpc) is 2.89. The van der Waals surface area contributed by atoms with Crippen molar-refractivity contribution in [2.45, 2.75) is 6.92 Å². The topological polar surface area (TPSA) is 4.10 Å². The molecule has 0 spiro atoms. The number of aromatic nitrogens is 1. The molecule has 2 heterocycles. The van der Waals surface area contributed by atoms with Crippen molar-refractivity contribution in [2.24, 2.45) is 0 Å². The van der Waals surface area contributed by atoms with Gasteiger partial charge in [0.2, 0.25) is 11.2 Å². The first kappa shape index (κ1) is 22.9. The van der Waals surface area contributed by atoms with Gasteiger partial charge in [0.25, 0.3) is 0 Å². The van der Waals surface area contributed by atoms with E-state index >= 15 is 0 Å². The largest absolute Gasteiger partial charge is 0.226 e. The number of hydrogen-bond donors (Lipinski definition) is 0. The molecule has 6 rings (SSSR count). The summed E-state index contributed by atoms with van der Waals surface area (Å²) in [5.41, 5.74) is 6.15. The average molecular weight is 495 g/mol. The minimum Gasteiger partial charge on any atom is -0.207 e. The normalized spacial score (nSPS) is 11.4. The van der Waals surface area contributed by atoms with Crippen LogP contribution in [0.3, 0.4) is 0 Å². The fourth-order valence-corrected chi connectivity index (χ4v) is 5.01. The molecular weight excluding hydrogens is 474 g/mol. The number of aryl methyl sites for hydroxylation is 1. The quantitative estimate of drug-likeness (QED) is 0.132. The summed E-state index contributed by atoms with van der Waals surface area (Å²) >= 11 is 0. The molecule has 37 heavy (non-hydrogen) atoms. The van der Waals surface area contributed by atoms with E-state index in [0.29, 0.717) is 27.8 Å². The van der Waals surface area contributed by atoms with E-state index in [1.807, 2.05) is 23.6 Å². The van der Waals surface area contributed by atoms with Crippen LogP contribution in [0, 0.1) is 30.2 Å². The van der Waals surface area contributed by atoms with Gasteiger partial charge in [-0.05, 0) is 90.8 Å². The summed E-state index contributed by atoms with van der Waals surface area (Å²) in [6.45, 7) is 1.96. The molecule has 0 aliphatic heterocycles. The molecule has 4 aromatic carbocycles. The van der Waals surface area contributed by atoms with Crippen molar-refractivity contribution < 1.29 is 22.0 Å². The monoisotopic (exact) mass is 494 g/mol. The zero-order chi connectivity index (χ0) is 25.7. The van der Waals surface area contributed by atoms with Gasteiger partial charge in [-0.3, -0.25) is 0 Å². The fourth-order valence-electron chi connectivity index (χ4n) is 5.01. The van der Waals surface area contributed by atoms with Crippen molar-refractivity contribution in [2.75, 3.05) is 0 Å². The number of nitrogens with zero attached hydrogens (tertiary/aromatic N) is 1. The Morgan fingerprint density at radius 2 is 1.03 bits per heavy atom. The molecule has 2 aromatic heterocycles. The maximum atomic E-state index is 14.8. The highest BCUT2D eigenvalue weighted by atomic mass is 19.1. The first-order chi connectivity index (χ1) is 17.9. The first-order valence-corrected chi connectivity index (χ1v) is 11.8. The minimum atomic E-state index is -0.416. The second-order valence-corrected chi connectivity index (χ2v) is 9.08. The number of pyridine rings is 2. The highest BCUT2D eigenvalue weighted by molar-refractivity contribution is 6.10. The predicted octanol–water partition coefficient (Wildman–Crippen LogP) is 8.44. The molecule has 0 saturated heterocycles. The Hall–Kier alpha value is -4.51. The van der Waals surface area contributed by atoms with Gasteiger partial charge in [0, 0.05) is 16.5 Å². The van der Waals surface area contributed by atoms with E-state index < -0.39 is 5.82 Å². The number of rotatable bonds is 3. The lowest BCUT2D eigenvalue weighted by atomic mass is 9.90. The van der Waals surface area contributed by atoms with Crippen LogP contribution in [0.15, 0.2) is 103 Å². The summed E-state index contributed by atoms with van der Waals surface area (Å²) in [7, 11) is 0. The van der Waals surface area contributed by atoms with E-state index in [9.17, 15) is 17.6 Å². The molecular formula is C32H20F4N+. The van der Waals surface area contributed by atoms with E-state index in [2.05, 4.69) is 0 Å². The molecule has 0 atom stereocenters. The number of halogens is 4. The molecule has 0 fully saturated rings. The molecule has 0 aliphatic carbocycles. The van der Waals surface area contributed by atoms with Gasteiger partial charge in [-0.1, -0.05) is 24.3 Å². The standard InChI is InChI=1S/C32H20F4N/c1-19-16-28(20-2-8-23(33)9-3-20)32-27-15-14-26(36)17-29(27)30(21-4-10-24(34)11-5-21)31(37(32)18-19)22-6-12-25(35)13-7-22/h2-18H,1H3/q+1. The molecule has 180 valence electrons. The minimum absolute atomic E-state index is 0.342. The van der Waals surface area contributed by atoms with Gasteiger partial charge in [-0.25, -0.2) is 17.6 Å². The smallest absolute Gasteiger partial charge is 0.207 e. The molecule has 0 radical (unpaired) electrons. The Kier molecular flexibility index (Phi) is 5.49. The number of benzene rings is 4. The molecule has 0 N–H and O–H groups in total. The highest BCUT2D eigenvalue weighted by Crippen LogP contribution is 2.40. The van der Waals surface area contributed by atoms with Gasteiger partial charge < -0.3 is 0 Å². The van der Waals surface area contributed by atoms with Crippen molar-refractivity contribution in [1.29, 1.82) is 0 Å². The maximum Gasteiger partial charge on any atom is 0.226 e. The fraction of sp³-hybridized carbons (Fsp3) is 0.0312. The van der Waals surface area contributed by atoms with Crippen molar-refractivity contribution >= 4 is 16.3 Å². The van der Waals surface area contributed by atoms with Crippen molar-refractivity contribution in [1.82, 2.24) is 0 Å².